The average molecular weight is 252 g/mol. The van der Waals surface area contributed by atoms with E-state index in [4.69, 9.17) is 5.73 Å². The van der Waals surface area contributed by atoms with E-state index in [-0.39, 0.29) is 18.3 Å². The third-order valence-electron chi connectivity index (χ3n) is 2.13. The molecule has 1 aromatic carbocycles. The Labute approximate surface area is 100 Å². The first-order valence-corrected chi connectivity index (χ1v) is 5.63. The fraction of sp³-hybridized carbons (Fsp3) is 0.0909. The van der Waals surface area contributed by atoms with Crippen molar-refractivity contribution in [3.8, 4) is 0 Å². The summed E-state index contributed by atoms with van der Waals surface area (Å²) in [4.78, 5) is 22.5. The van der Waals surface area contributed by atoms with Crippen LogP contribution in [0.3, 0.4) is 0 Å². The van der Waals surface area contributed by atoms with Crippen LogP contribution in [0.5, 0.6) is 0 Å². The molecule has 1 aromatic heterocycles. The fourth-order valence-corrected chi connectivity index (χ4v) is 2.34. The SMILES string of the molecule is NC(=O)CNC(=O)c1cc2cc(F)ccc2s1. The maximum Gasteiger partial charge on any atom is 0.261 e. The van der Waals surface area contributed by atoms with Gasteiger partial charge in [0.15, 0.2) is 0 Å². The molecule has 0 spiro atoms. The summed E-state index contributed by atoms with van der Waals surface area (Å²) in [6.45, 7) is -0.207. The summed E-state index contributed by atoms with van der Waals surface area (Å²) < 4.78 is 13.8. The van der Waals surface area contributed by atoms with Gasteiger partial charge in [-0.1, -0.05) is 0 Å². The highest BCUT2D eigenvalue weighted by molar-refractivity contribution is 7.20. The molecule has 0 aliphatic rings. The van der Waals surface area contributed by atoms with E-state index in [2.05, 4.69) is 5.32 Å². The zero-order valence-electron chi connectivity index (χ0n) is 8.70. The lowest BCUT2D eigenvalue weighted by Gasteiger charge is -1.98. The van der Waals surface area contributed by atoms with E-state index in [1.54, 1.807) is 12.1 Å². The highest BCUT2D eigenvalue weighted by Crippen LogP contribution is 2.26. The number of hydrogen-bond donors (Lipinski definition) is 2. The van der Waals surface area contributed by atoms with Gasteiger partial charge in [0.05, 0.1) is 11.4 Å². The van der Waals surface area contributed by atoms with Gasteiger partial charge in [0.1, 0.15) is 5.82 Å². The molecule has 17 heavy (non-hydrogen) atoms. The summed E-state index contributed by atoms with van der Waals surface area (Å²) >= 11 is 1.23. The molecule has 6 heteroatoms. The van der Waals surface area contributed by atoms with Crippen LogP contribution in [0.25, 0.3) is 10.1 Å². The number of thiophene rings is 1. The third-order valence-corrected chi connectivity index (χ3v) is 3.24. The summed E-state index contributed by atoms with van der Waals surface area (Å²) in [7, 11) is 0. The van der Waals surface area contributed by atoms with E-state index < -0.39 is 5.91 Å². The molecule has 0 saturated heterocycles. The quantitative estimate of drug-likeness (QED) is 0.863. The molecule has 88 valence electrons. The van der Waals surface area contributed by atoms with Crippen LogP contribution in [0.15, 0.2) is 24.3 Å². The van der Waals surface area contributed by atoms with Crippen LogP contribution in [-0.4, -0.2) is 18.4 Å². The number of hydrogen-bond acceptors (Lipinski definition) is 3. The summed E-state index contributed by atoms with van der Waals surface area (Å²) in [6, 6.07) is 5.89. The predicted octanol–water partition coefficient (Wildman–Crippen LogP) is 1.26. The monoisotopic (exact) mass is 252 g/mol. The van der Waals surface area contributed by atoms with Crippen molar-refractivity contribution in [1.82, 2.24) is 5.32 Å². The Morgan fingerprint density at radius 1 is 1.35 bits per heavy atom. The number of primary amides is 1. The van der Waals surface area contributed by atoms with Gasteiger partial charge in [0, 0.05) is 4.70 Å². The predicted molar refractivity (Wildman–Crippen MR) is 63.3 cm³/mol. The lowest BCUT2D eigenvalue weighted by molar-refractivity contribution is -0.117. The number of nitrogens with two attached hydrogens (primary N) is 1. The Kier molecular flexibility index (Phi) is 3.06. The van der Waals surface area contributed by atoms with Crippen LogP contribution in [0, 0.1) is 5.82 Å². The Hall–Kier alpha value is -1.95. The zero-order chi connectivity index (χ0) is 12.4. The summed E-state index contributed by atoms with van der Waals surface area (Å²) in [5, 5.41) is 3.04. The van der Waals surface area contributed by atoms with Crippen molar-refractivity contribution in [2.24, 2.45) is 5.73 Å². The summed E-state index contributed by atoms with van der Waals surface area (Å²) in [5.41, 5.74) is 4.91. The van der Waals surface area contributed by atoms with Gasteiger partial charge in [-0.15, -0.1) is 11.3 Å². The molecule has 2 amide bonds. The van der Waals surface area contributed by atoms with Crippen LogP contribution >= 0.6 is 11.3 Å². The third kappa shape index (κ3) is 2.59. The minimum atomic E-state index is -0.606. The Balaban J connectivity index is 2.24. The van der Waals surface area contributed by atoms with Crippen molar-refractivity contribution >= 4 is 33.2 Å². The number of carbonyl (C=O) groups excluding carboxylic acids is 2. The molecule has 0 unspecified atom stereocenters. The molecule has 2 aromatic rings. The molecule has 0 bridgehead atoms. The van der Waals surface area contributed by atoms with E-state index in [0.717, 1.165) is 4.70 Å². The number of halogens is 1. The first-order chi connectivity index (χ1) is 8.06. The van der Waals surface area contributed by atoms with E-state index in [1.165, 1.54) is 23.5 Å². The largest absolute Gasteiger partial charge is 0.368 e. The minimum Gasteiger partial charge on any atom is -0.368 e. The molecular formula is C11H9FN2O2S. The lowest BCUT2D eigenvalue weighted by Crippen LogP contribution is -2.32. The molecular weight excluding hydrogens is 243 g/mol. The zero-order valence-corrected chi connectivity index (χ0v) is 9.51. The van der Waals surface area contributed by atoms with Crippen LogP contribution in [-0.2, 0) is 4.79 Å². The number of carbonyl (C=O) groups is 2. The number of amides is 2. The van der Waals surface area contributed by atoms with Crippen molar-refractivity contribution < 1.29 is 14.0 Å². The Morgan fingerprint density at radius 3 is 2.82 bits per heavy atom. The maximum absolute atomic E-state index is 12.9. The van der Waals surface area contributed by atoms with Crippen LogP contribution in [0.1, 0.15) is 9.67 Å². The number of nitrogens with one attached hydrogen (secondary N) is 1. The van der Waals surface area contributed by atoms with Crippen molar-refractivity contribution in [2.45, 2.75) is 0 Å². The van der Waals surface area contributed by atoms with E-state index in [1.807, 2.05) is 0 Å². The van der Waals surface area contributed by atoms with Gasteiger partial charge in [-0.25, -0.2) is 4.39 Å². The number of fused-ring (bicyclic) bond motifs is 1. The minimum absolute atomic E-state index is 0.207. The number of benzene rings is 1. The first-order valence-electron chi connectivity index (χ1n) is 4.82. The van der Waals surface area contributed by atoms with E-state index >= 15 is 0 Å². The van der Waals surface area contributed by atoms with Gasteiger partial charge in [-0.05, 0) is 29.7 Å². The Morgan fingerprint density at radius 2 is 2.12 bits per heavy atom. The van der Waals surface area contributed by atoms with Crippen LogP contribution in [0.2, 0.25) is 0 Å². The van der Waals surface area contributed by atoms with E-state index in [0.29, 0.717) is 10.3 Å². The van der Waals surface area contributed by atoms with Gasteiger partial charge < -0.3 is 11.1 Å². The topological polar surface area (TPSA) is 72.2 Å². The van der Waals surface area contributed by atoms with Crippen LogP contribution in [0.4, 0.5) is 4.39 Å². The molecule has 1 heterocycles. The van der Waals surface area contributed by atoms with Gasteiger partial charge in [-0.2, -0.15) is 0 Å². The van der Waals surface area contributed by atoms with Crippen molar-refractivity contribution in [2.75, 3.05) is 6.54 Å². The second-order valence-corrected chi connectivity index (χ2v) is 4.53. The second kappa shape index (κ2) is 4.50. The highest BCUT2D eigenvalue weighted by atomic mass is 32.1. The van der Waals surface area contributed by atoms with E-state index in [9.17, 15) is 14.0 Å². The summed E-state index contributed by atoms with van der Waals surface area (Å²) in [6.07, 6.45) is 0. The second-order valence-electron chi connectivity index (χ2n) is 3.44. The first kappa shape index (κ1) is 11.5. The molecule has 0 aliphatic carbocycles. The van der Waals surface area contributed by atoms with Gasteiger partial charge in [0.25, 0.3) is 5.91 Å². The van der Waals surface area contributed by atoms with Crippen molar-refractivity contribution in [3.05, 3.63) is 35.0 Å². The molecule has 0 saturated carbocycles. The van der Waals surface area contributed by atoms with Crippen molar-refractivity contribution in [1.29, 1.82) is 0 Å². The maximum atomic E-state index is 12.9. The van der Waals surface area contributed by atoms with Crippen LogP contribution < -0.4 is 11.1 Å². The highest BCUT2D eigenvalue weighted by Gasteiger charge is 2.10. The van der Waals surface area contributed by atoms with Crippen molar-refractivity contribution in [3.63, 3.8) is 0 Å². The average Bonchev–Trinajstić information content (AvgIpc) is 2.68. The smallest absolute Gasteiger partial charge is 0.261 e. The molecule has 0 fully saturated rings. The summed E-state index contributed by atoms with van der Waals surface area (Å²) in [5.74, 6) is -1.34. The molecule has 3 N–H and O–H groups in total. The molecule has 4 nitrogen and oxygen atoms in total. The Bertz CT molecular complexity index is 594. The number of rotatable bonds is 3. The molecule has 0 radical (unpaired) electrons. The molecule has 0 atom stereocenters. The van der Waals surface area contributed by atoms with Gasteiger partial charge in [0.2, 0.25) is 5.91 Å². The molecule has 2 rings (SSSR count). The molecule has 0 aliphatic heterocycles. The normalized spacial score (nSPS) is 10.4. The standard InChI is InChI=1S/C11H9FN2O2S/c12-7-1-2-8-6(3-7)4-9(17-8)11(16)14-5-10(13)15/h1-4H,5H2,(H2,13,15)(H,14,16). The van der Waals surface area contributed by atoms with Gasteiger partial charge in [-0.3, -0.25) is 9.59 Å². The lowest BCUT2D eigenvalue weighted by atomic mass is 10.2. The fourth-order valence-electron chi connectivity index (χ4n) is 1.38. The van der Waals surface area contributed by atoms with Gasteiger partial charge >= 0.3 is 0 Å².